The first-order valence-electron chi connectivity index (χ1n) is 5.84. The number of nitrogens with one attached hydrogen (secondary N) is 1. The van der Waals surface area contributed by atoms with Gasteiger partial charge < -0.3 is 11.1 Å². The second-order valence-electron chi connectivity index (χ2n) is 4.40. The van der Waals surface area contributed by atoms with E-state index < -0.39 is 0 Å². The third-order valence-corrected chi connectivity index (χ3v) is 3.22. The molecule has 2 atom stereocenters. The van der Waals surface area contributed by atoms with Crippen molar-refractivity contribution in [3.63, 3.8) is 0 Å². The van der Waals surface area contributed by atoms with Crippen molar-refractivity contribution in [1.29, 1.82) is 0 Å². The molecule has 0 unspecified atom stereocenters. The second kappa shape index (κ2) is 6.62. The van der Waals surface area contributed by atoms with Gasteiger partial charge in [-0.2, -0.15) is 0 Å². The summed E-state index contributed by atoms with van der Waals surface area (Å²) in [5.41, 5.74) is 7.02. The highest BCUT2D eigenvalue weighted by Crippen LogP contribution is 2.23. The summed E-state index contributed by atoms with van der Waals surface area (Å²) in [6, 6.07) is 9.99. The molecule has 1 aliphatic carbocycles. The first kappa shape index (κ1) is 14.0. The standard InChI is InChI=1S/C13H18N2O.ClH/c14-12-8-4-7-11(12)13(16)15-9-10-5-2-1-3-6-10;/h1-3,5-6,11-12H,4,7-9,14H2,(H,15,16);1H/t11-,12+;/m1./s1. The van der Waals surface area contributed by atoms with E-state index in [0.29, 0.717) is 6.54 Å². The maximum atomic E-state index is 11.8. The van der Waals surface area contributed by atoms with Gasteiger partial charge in [0.2, 0.25) is 5.91 Å². The van der Waals surface area contributed by atoms with Gasteiger partial charge in [0, 0.05) is 12.6 Å². The SMILES string of the molecule is Cl.N[C@H]1CCC[C@H]1C(=O)NCc1ccccc1. The monoisotopic (exact) mass is 254 g/mol. The summed E-state index contributed by atoms with van der Waals surface area (Å²) >= 11 is 0. The Balaban J connectivity index is 0.00000144. The summed E-state index contributed by atoms with van der Waals surface area (Å²) in [5.74, 6) is 0.123. The van der Waals surface area contributed by atoms with Gasteiger partial charge in [-0.05, 0) is 18.4 Å². The van der Waals surface area contributed by atoms with Crippen LogP contribution in [0.5, 0.6) is 0 Å². The highest BCUT2D eigenvalue weighted by molar-refractivity contribution is 5.85. The van der Waals surface area contributed by atoms with Crippen molar-refractivity contribution in [3.05, 3.63) is 35.9 Å². The lowest BCUT2D eigenvalue weighted by atomic mass is 10.0. The third kappa shape index (κ3) is 3.72. The second-order valence-corrected chi connectivity index (χ2v) is 4.40. The van der Waals surface area contributed by atoms with Gasteiger partial charge in [0.15, 0.2) is 0 Å². The Morgan fingerprint density at radius 1 is 1.29 bits per heavy atom. The molecule has 0 aromatic heterocycles. The van der Waals surface area contributed by atoms with Crippen LogP contribution >= 0.6 is 12.4 Å². The summed E-state index contributed by atoms with van der Waals surface area (Å²) in [6.07, 6.45) is 2.98. The Hall–Kier alpha value is -1.06. The molecule has 94 valence electrons. The molecule has 1 aromatic carbocycles. The van der Waals surface area contributed by atoms with Crippen molar-refractivity contribution in [2.45, 2.75) is 31.8 Å². The van der Waals surface area contributed by atoms with Crippen LogP contribution < -0.4 is 11.1 Å². The zero-order valence-corrected chi connectivity index (χ0v) is 10.6. The van der Waals surface area contributed by atoms with Crippen molar-refractivity contribution in [3.8, 4) is 0 Å². The predicted molar refractivity (Wildman–Crippen MR) is 70.9 cm³/mol. The zero-order valence-electron chi connectivity index (χ0n) is 9.76. The van der Waals surface area contributed by atoms with Gasteiger partial charge in [-0.25, -0.2) is 0 Å². The van der Waals surface area contributed by atoms with Gasteiger partial charge >= 0.3 is 0 Å². The van der Waals surface area contributed by atoms with Gasteiger partial charge in [0.25, 0.3) is 0 Å². The summed E-state index contributed by atoms with van der Waals surface area (Å²) in [6.45, 7) is 0.600. The number of rotatable bonds is 3. The summed E-state index contributed by atoms with van der Waals surface area (Å²) in [4.78, 5) is 11.8. The number of carbonyl (C=O) groups excluding carboxylic acids is 1. The molecule has 1 amide bonds. The average molecular weight is 255 g/mol. The molecular weight excluding hydrogens is 236 g/mol. The average Bonchev–Trinajstić information content (AvgIpc) is 2.74. The first-order valence-corrected chi connectivity index (χ1v) is 5.84. The van der Waals surface area contributed by atoms with Crippen LogP contribution in [0.15, 0.2) is 30.3 Å². The van der Waals surface area contributed by atoms with Crippen LogP contribution in [-0.4, -0.2) is 11.9 Å². The van der Waals surface area contributed by atoms with Crippen LogP contribution in [0.4, 0.5) is 0 Å². The van der Waals surface area contributed by atoms with E-state index in [9.17, 15) is 4.79 Å². The summed E-state index contributed by atoms with van der Waals surface area (Å²) in [7, 11) is 0. The van der Waals surface area contributed by atoms with E-state index in [-0.39, 0.29) is 30.3 Å². The van der Waals surface area contributed by atoms with Crippen molar-refractivity contribution >= 4 is 18.3 Å². The minimum atomic E-state index is 0. The fraction of sp³-hybridized carbons (Fsp3) is 0.462. The first-order chi connectivity index (χ1) is 7.77. The van der Waals surface area contributed by atoms with Crippen LogP contribution in [-0.2, 0) is 11.3 Å². The molecule has 0 spiro atoms. The van der Waals surface area contributed by atoms with Crippen molar-refractivity contribution in [1.82, 2.24) is 5.32 Å². The maximum Gasteiger partial charge on any atom is 0.224 e. The van der Waals surface area contributed by atoms with E-state index in [1.54, 1.807) is 0 Å². The van der Waals surface area contributed by atoms with E-state index in [1.807, 2.05) is 30.3 Å². The molecule has 1 fully saturated rings. The fourth-order valence-electron chi connectivity index (χ4n) is 2.23. The Morgan fingerprint density at radius 2 is 2.00 bits per heavy atom. The van der Waals surface area contributed by atoms with E-state index >= 15 is 0 Å². The molecule has 1 aromatic rings. The predicted octanol–water partition coefficient (Wildman–Crippen LogP) is 1.85. The summed E-state index contributed by atoms with van der Waals surface area (Å²) < 4.78 is 0. The number of nitrogens with two attached hydrogens (primary N) is 1. The number of benzene rings is 1. The highest BCUT2D eigenvalue weighted by Gasteiger charge is 2.29. The topological polar surface area (TPSA) is 55.1 Å². The van der Waals surface area contributed by atoms with Crippen LogP contribution in [0.25, 0.3) is 0 Å². The molecule has 0 bridgehead atoms. The Bertz CT molecular complexity index is 356. The van der Waals surface area contributed by atoms with Crippen molar-refractivity contribution in [2.24, 2.45) is 11.7 Å². The normalized spacial score (nSPS) is 22.9. The number of hydrogen-bond acceptors (Lipinski definition) is 2. The fourth-order valence-corrected chi connectivity index (χ4v) is 2.23. The molecule has 3 N–H and O–H groups in total. The number of carbonyl (C=O) groups is 1. The smallest absolute Gasteiger partial charge is 0.224 e. The lowest BCUT2D eigenvalue weighted by molar-refractivity contribution is -0.125. The van der Waals surface area contributed by atoms with E-state index in [1.165, 1.54) is 0 Å². The summed E-state index contributed by atoms with van der Waals surface area (Å²) in [5, 5.41) is 2.95. The van der Waals surface area contributed by atoms with Crippen LogP contribution in [0.3, 0.4) is 0 Å². The van der Waals surface area contributed by atoms with Crippen LogP contribution in [0.2, 0.25) is 0 Å². The molecule has 1 saturated carbocycles. The molecule has 2 rings (SSSR count). The van der Waals surface area contributed by atoms with E-state index in [0.717, 1.165) is 24.8 Å². The lowest BCUT2D eigenvalue weighted by Gasteiger charge is -2.15. The molecule has 17 heavy (non-hydrogen) atoms. The number of halogens is 1. The highest BCUT2D eigenvalue weighted by atomic mass is 35.5. The molecule has 4 heteroatoms. The Kier molecular flexibility index (Phi) is 5.45. The minimum absolute atomic E-state index is 0. The molecule has 0 radical (unpaired) electrons. The molecule has 0 heterocycles. The van der Waals surface area contributed by atoms with E-state index in [2.05, 4.69) is 5.32 Å². The zero-order chi connectivity index (χ0) is 11.4. The molecule has 0 aliphatic heterocycles. The van der Waals surface area contributed by atoms with Crippen LogP contribution in [0.1, 0.15) is 24.8 Å². The van der Waals surface area contributed by atoms with Gasteiger partial charge in [-0.3, -0.25) is 4.79 Å². The van der Waals surface area contributed by atoms with Gasteiger partial charge in [-0.15, -0.1) is 12.4 Å². The number of hydrogen-bond donors (Lipinski definition) is 2. The van der Waals surface area contributed by atoms with Crippen LogP contribution in [0, 0.1) is 5.92 Å². The van der Waals surface area contributed by atoms with Crippen molar-refractivity contribution in [2.75, 3.05) is 0 Å². The quantitative estimate of drug-likeness (QED) is 0.865. The Morgan fingerprint density at radius 3 is 2.59 bits per heavy atom. The molecule has 3 nitrogen and oxygen atoms in total. The van der Waals surface area contributed by atoms with Gasteiger partial charge in [-0.1, -0.05) is 36.8 Å². The van der Waals surface area contributed by atoms with Gasteiger partial charge in [0.05, 0.1) is 5.92 Å². The number of amides is 1. The minimum Gasteiger partial charge on any atom is -0.352 e. The van der Waals surface area contributed by atoms with Gasteiger partial charge in [0.1, 0.15) is 0 Å². The molecular formula is C13H19ClN2O. The maximum absolute atomic E-state index is 11.8. The molecule has 0 saturated heterocycles. The largest absolute Gasteiger partial charge is 0.352 e. The third-order valence-electron chi connectivity index (χ3n) is 3.22. The Labute approximate surface area is 108 Å². The molecule has 1 aliphatic rings. The van der Waals surface area contributed by atoms with E-state index in [4.69, 9.17) is 5.73 Å². The van der Waals surface area contributed by atoms with Crippen molar-refractivity contribution < 1.29 is 4.79 Å². The lowest BCUT2D eigenvalue weighted by Crippen LogP contribution is -2.38.